The van der Waals surface area contributed by atoms with Crippen LogP contribution in [0.1, 0.15) is 52.9 Å². The molecule has 0 fully saturated rings. The first kappa shape index (κ1) is 31.4. The first-order valence-corrected chi connectivity index (χ1v) is 12.2. The van der Waals surface area contributed by atoms with E-state index in [1.807, 2.05) is 13.8 Å². The van der Waals surface area contributed by atoms with Crippen molar-refractivity contribution in [2.24, 2.45) is 5.92 Å². The molecule has 192 valence electrons. The van der Waals surface area contributed by atoms with Crippen LogP contribution in [0.4, 0.5) is 0 Å². The molecule has 0 rings (SSSR count). The number of ether oxygens (including phenoxy) is 7. The van der Waals surface area contributed by atoms with Gasteiger partial charge in [-0.15, -0.1) is 0 Å². The summed E-state index contributed by atoms with van der Waals surface area (Å²) >= 11 is 0. The molecule has 0 bridgehead atoms. The summed E-state index contributed by atoms with van der Waals surface area (Å²) in [6.07, 6.45) is 4.86. The molecule has 0 N–H and O–H groups in total. The molecule has 0 spiro atoms. The van der Waals surface area contributed by atoms with Crippen LogP contribution >= 0.6 is 0 Å². The standard InChI is InChI=1S/C24H48O8/c1-4-9-26-10-6-5-7-11-27-13-15-29-17-19-31-21-22-32-20-18-30-16-14-28-12-8-24(25)23(2)3/h23H,4-22H2,1-3H3. The van der Waals surface area contributed by atoms with Crippen molar-refractivity contribution in [1.29, 1.82) is 0 Å². The molecule has 0 amide bonds. The molecule has 8 heteroatoms. The van der Waals surface area contributed by atoms with E-state index >= 15 is 0 Å². The lowest BCUT2D eigenvalue weighted by atomic mass is 10.1. The van der Waals surface area contributed by atoms with E-state index in [0.717, 1.165) is 45.5 Å². The SMILES string of the molecule is CCCOCCCCCOCCOCCOCCOCCOCCOCCC(=O)C(C)C. The van der Waals surface area contributed by atoms with Gasteiger partial charge in [0, 0.05) is 32.2 Å². The fourth-order valence-corrected chi connectivity index (χ4v) is 2.49. The zero-order valence-electron chi connectivity index (χ0n) is 20.8. The molecule has 0 heterocycles. The topological polar surface area (TPSA) is 81.7 Å². The summed E-state index contributed by atoms with van der Waals surface area (Å²) in [5.74, 6) is 0.303. The molecule has 0 aliphatic rings. The third-order valence-electron chi connectivity index (χ3n) is 4.42. The number of hydrogen-bond acceptors (Lipinski definition) is 8. The van der Waals surface area contributed by atoms with Crippen molar-refractivity contribution in [3.8, 4) is 0 Å². The fourth-order valence-electron chi connectivity index (χ4n) is 2.49. The van der Waals surface area contributed by atoms with Crippen LogP contribution in [0.2, 0.25) is 0 Å². The minimum Gasteiger partial charge on any atom is -0.381 e. The van der Waals surface area contributed by atoms with E-state index in [2.05, 4.69) is 6.92 Å². The van der Waals surface area contributed by atoms with Crippen LogP contribution in [0.5, 0.6) is 0 Å². The summed E-state index contributed by atoms with van der Waals surface area (Å²) in [4.78, 5) is 11.4. The summed E-state index contributed by atoms with van der Waals surface area (Å²) in [6, 6.07) is 0. The summed E-state index contributed by atoms with van der Waals surface area (Å²) in [5, 5.41) is 0. The van der Waals surface area contributed by atoms with Crippen LogP contribution in [-0.2, 0) is 38.0 Å². The number of Topliss-reactive ketones (excluding diaryl/α,β-unsaturated/α-hetero) is 1. The molecule has 0 aromatic rings. The molecule has 0 aromatic heterocycles. The Hall–Kier alpha value is -0.610. The van der Waals surface area contributed by atoms with E-state index < -0.39 is 0 Å². The smallest absolute Gasteiger partial charge is 0.137 e. The Balaban J connectivity index is 3.04. The predicted octanol–water partition coefficient (Wildman–Crippen LogP) is 3.30. The fraction of sp³-hybridized carbons (Fsp3) is 0.958. The maximum Gasteiger partial charge on any atom is 0.137 e. The molecule has 0 unspecified atom stereocenters. The van der Waals surface area contributed by atoms with E-state index in [0.29, 0.717) is 79.1 Å². The van der Waals surface area contributed by atoms with Crippen LogP contribution in [0.25, 0.3) is 0 Å². The number of rotatable bonds is 27. The second-order valence-electron chi connectivity index (χ2n) is 7.72. The normalized spacial score (nSPS) is 11.5. The Morgan fingerprint density at radius 1 is 0.500 bits per heavy atom. The average molecular weight is 465 g/mol. The molecular weight excluding hydrogens is 416 g/mol. The maximum absolute atomic E-state index is 11.4. The predicted molar refractivity (Wildman–Crippen MR) is 124 cm³/mol. The first-order chi connectivity index (χ1) is 15.7. The van der Waals surface area contributed by atoms with Crippen LogP contribution in [0, 0.1) is 5.92 Å². The summed E-state index contributed by atoms with van der Waals surface area (Å²) < 4.78 is 38.1. The molecule has 0 aliphatic carbocycles. The van der Waals surface area contributed by atoms with Crippen LogP contribution in [0.3, 0.4) is 0 Å². The van der Waals surface area contributed by atoms with Gasteiger partial charge >= 0.3 is 0 Å². The van der Waals surface area contributed by atoms with Gasteiger partial charge in [-0.1, -0.05) is 20.8 Å². The first-order valence-electron chi connectivity index (χ1n) is 12.2. The van der Waals surface area contributed by atoms with Crippen molar-refractivity contribution in [3.05, 3.63) is 0 Å². The summed E-state index contributed by atoms with van der Waals surface area (Å²) in [7, 11) is 0. The van der Waals surface area contributed by atoms with Gasteiger partial charge in [0.1, 0.15) is 5.78 Å². The summed E-state index contributed by atoms with van der Waals surface area (Å²) in [6.45, 7) is 14.3. The van der Waals surface area contributed by atoms with Crippen molar-refractivity contribution >= 4 is 5.78 Å². The highest BCUT2D eigenvalue weighted by Crippen LogP contribution is 1.99. The zero-order valence-corrected chi connectivity index (χ0v) is 20.8. The Labute approximate surface area is 195 Å². The van der Waals surface area contributed by atoms with Gasteiger partial charge in [-0.25, -0.2) is 0 Å². The molecule has 32 heavy (non-hydrogen) atoms. The molecule has 0 aromatic carbocycles. The molecule has 0 atom stereocenters. The highest BCUT2D eigenvalue weighted by atomic mass is 16.6. The molecule has 0 aliphatic heterocycles. The monoisotopic (exact) mass is 464 g/mol. The van der Waals surface area contributed by atoms with Gasteiger partial charge in [0.25, 0.3) is 0 Å². The average Bonchev–Trinajstić information content (AvgIpc) is 2.78. The number of hydrogen-bond donors (Lipinski definition) is 0. The largest absolute Gasteiger partial charge is 0.381 e. The van der Waals surface area contributed by atoms with Crippen molar-refractivity contribution in [1.82, 2.24) is 0 Å². The van der Waals surface area contributed by atoms with E-state index in [-0.39, 0.29) is 11.7 Å². The van der Waals surface area contributed by atoms with Gasteiger partial charge in [-0.2, -0.15) is 0 Å². The maximum atomic E-state index is 11.4. The van der Waals surface area contributed by atoms with E-state index in [1.165, 1.54) is 0 Å². The zero-order chi connectivity index (χ0) is 23.5. The van der Waals surface area contributed by atoms with E-state index in [1.54, 1.807) is 0 Å². The van der Waals surface area contributed by atoms with Gasteiger partial charge in [0.15, 0.2) is 0 Å². The lowest BCUT2D eigenvalue weighted by molar-refractivity contribution is -0.123. The second-order valence-corrected chi connectivity index (χ2v) is 7.72. The number of ketones is 1. The van der Waals surface area contributed by atoms with Crippen LogP contribution in [-0.4, -0.2) is 98.3 Å². The lowest BCUT2D eigenvalue weighted by Crippen LogP contribution is -2.15. The lowest BCUT2D eigenvalue weighted by Gasteiger charge is -2.08. The van der Waals surface area contributed by atoms with E-state index in [4.69, 9.17) is 33.2 Å². The minimum absolute atomic E-state index is 0.0734. The number of carbonyl (C=O) groups excluding carboxylic acids is 1. The Morgan fingerprint density at radius 2 is 0.844 bits per heavy atom. The molecule has 0 radical (unpaired) electrons. The highest BCUT2D eigenvalue weighted by molar-refractivity contribution is 5.80. The quantitative estimate of drug-likeness (QED) is 0.171. The Morgan fingerprint density at radius 3 is 1.22 bits per heavy atom. The van der Waals surface area contributed by atoms with Crippen molar-refractivity contribution < 1.29 is 38.0 Å². The molecule has 0 saturated carbocycles. The van der Waals surface area contributed by atoms with Crippen molar-refractivity contribution in [2.75, 3.05) is 92.5 Å². The third kappa shape index (κ3) is 25.6. The number of unbranched alkanes of at least 4 members (excludes halogenated alkanes) is 2. The molecular formula is C24H48O8. The third-order valence-corrected chi connectivity index (χ3v) is 4.42. The van der Waals surface area contributed by atoms with Crippen molar-refractivity contribution in [3.63, 3.8) is 0 Å². The molecule has 8 nitrogen and oxygen atoms in total. The van der Waals surface area contributed by atoms with Gasteiger partial charge in [0.05, 0.1) is 72.7 Å². The summed E-state index contributed by atoms with van der Waals surface area (Å²) in [5.41, 5.74) is 0. The molecule has 0 saturated heterocycles. The van der Waals surface area contributed by atoms with Crippen molar-refractivity contribution in [2.45, 2.75) is 52.9 Å². The Bertz CT molecular complexity index is 379. The van der Waals surface area contributed by atoms with E-state index in [9.17, 15) is 4.79 Å². The number of carbonyl (C=O) groups is 1. The van der Waals surface area contributed by atoms with Crippen LogP contribution < -0.4 is 0 Å². The Kier molecular flexibility index (Phi) is 26.1. The highest BCUT2D eigenvalue weighted by Gasteiger charge is 2.06. The van der Waals surface area contributed by atoms with Crippen LogP contribution in [0.15, 0.2) is 0 Å². The second kappa shape index (κ2) is 26.6. The van der Waals surface area contributed by atoms with Gasteiger partial charge in [0.2, 0.25) is 0 Å². The van der Waals surface area contributed by atoms with Gasteiger partial charge in [-0.05, 0) is 25.7 Å². The van der Waals surface area contributed by atoms with Gasteiger partial charge < -0.3 is 33.2 Å². The minimum atomic E-state index is 0.0734. The van der Waals surface area contributed by atoms with Gasteiger partial charge in [-0.3, -0.25) is 4.79 Å².